The van der Waals surface area contributed by atoms with Gasteiger partial charge in [0.25, 0.3) is 11.5 Å². The Labute approximate surface area is 164 Å². The Balaban J connectivity index is 1.63. The zero-order valence-corrected chi connectivity index (χ0v) is 15.2. The van der Waals surface area contributed by atoms with Gasteiger partial charge in [0.1, 0.15) is 22.8 Å². The van der Waals surface area contributed by atoms with Crippen LogP contribution in [-0.4, -0.2) is 25.8 Å². The maximum Gasteiger partial charge on any atom is 0.266 e. The summed E-state index contributed by atoms with van der Waals surface area (Å²) in [5, 5.41) is 17.4. The summed E-state index contributed by atoms with van der Waals surface area (Å²) in [6, 6.07) is 15.5. The van der Waals surface area contributed by atoms with E-state index in [4.69, 9.17) is 0 Å². The first-order valence-corrected chi connectivity index (χ1v) is 8.91. The fourth-order valence-electron chi connectivity index (χ4n) is 3.10. The normalized spacial score (nSPS) is 10.9. The number of aromatic amines is 1. The van der Waals surface area contributed by atoms with Crippen molar-refractivity contribution >= 4 is 16.9 Å². The van der Waals surface area contributed by atoms with Crippen LogP contribution >= 0.6 is 0 Å². The molecule has 1 amide bonds. The molecule has 0 fully saturated rings. The van der Waals surface area contributed by atoms with Crippen LogP contribution in [0.4, 0.5) is 4.39 Å². The Bertz CT molecular complexity index is 1250. The third-order valence-corrected chi connectivity index (χ3v) is 4.59. The summed E-state index contributed by atoms with van der Waals surface area (Å²) < 4.78 is 15.2. The lowest BCUT2D eigenvalue weighted by atomic mass is 10.1. The molecule has 0 aliphatic carbocycles. The molecule has 0 spiro atoms. The molecule has 146 valence electrons. The van der Waals surface area contributed by atoms with Gasteiger partial charge in [0.15, 0.2) is 0 Å². The molecule has 4 aromatic rings. The number of benzene rings is 2. The van der Waals surface area contributed by atoms with Crippen molar-refractivity contribution in [2.24, 2.45) is 0 Å². The van der Waals surface area contributed by atoms with E-state index >= 15 is 0 Å². The van der Waals surface area contributed by atoms with E-state index in [2.05, 4.69) is 15.4 Å². The molecule has 0 saturated heterocycles. The molecule has 2 aromatic carbocycles. The molecular formula is C21H17FN4O3. The van der Waals surface area contributed by atoms with Crippen LogP contribution in [0.2, 0.25) is 0 Å². The van der Waals surface area contributed by atoms with E-state index in [9.17, 15) is 19.1 Å². The lowest BCUT2D eigenvalue weighted by molar-refractivity contribution is 0.0946. The van der Waals surface area contributed by atoms with Crippen LogP contribution in [0.5, 0.6) is 5.75 Å². The molecule has 2 heterocycles. The minimum absolute atomic E-state index is 0.115. The molecule has 0 aliphatic rings. The van der Waals surface area contributed by atoms with Crippen LogP contribution in [0.25, 0.3) is 11.0 Å². The Kier molecular flexibility index (Phi) is 4.82. The maximum atomic E-state index is 13.7. The van der Waals surface area contributed by atoms with Crippen LogP contribution in [0, 0.1) is 5.82 Å². The van der Waals surface area contributed by atoms with Gasteiger partial charge in [0.2, 0.25) is 0 Å². The van der Waals surface area contributed by atoms with Gasteiger partial charge in [-0.15, -0.1) is 0 Å². The van der Waals surface area contributed by atoms with Gasteiger partial charge in [-0.1, -0.05) is 48.5 Å². The number of amides is 1. The highest BCUT2D eigenvalue weighted by Crippen LogP contribution is 2.25. The predicted octanol–water partition coefficient (Wildman–Crippen LogP) is 2.55. The summed E-state index contributed by atoms with van der Waals surface area (Å²) in [6.45, 7) is 0.272. The number of nitrogens with zero attached hydrogens (tertiary/aromatic N) is 2. The average molecular weight is 392 g/mol. The monoisotopic (exact) mass is 392 g/mol. The Morgan fingerprint density at radius 2 is 1.86 bits per heavy atom. The van der Waals surface area contributed by atoms with Gasteiger partial charge in [0.05, 0.1) is 18.1 Å². The van der Waals surface area contributed by atoms with E-state index in [0.29, 0.717) is 12.2 Å². The summed E-state index contributed by atoms with van der Waals surface area (Å²) in [5.41, 5.74) is 0.351. The van der Waals surface area contributed by atoms with E-state index in [1.54, 1.807) is 6.07 Å². The molecule has 0 saturated carbocycles. The van der Waals surface area contributed by atoms with Crippen molar-refractivity contribution in [3.8, 4) is 5.75 Å². The molecule has 8 heteroatoms. The first-order valence-electron chi connectivity index (χ1n) is 8.91. The van der Waals surface area contributed by atoms with Crippen LogP contribution in [0.3, 0.4) is 0 Å². The van der Waals surface area contributed by atoms with Gasteiger partial charge in [-0.25, -0.2) is 9.07 Å². The molecule has 0 bridgehead atoms. The smallest absolute Gasteiger partial charge is 0.266 e. The van der Waals surface area contributed by atoms with E-state index < -0.39 is 28.6 Å². The fourth-order valence-corrected chi connectivity index (χ4v) is 3.10. The second-order valence-corrected chi connectivity index (χ2v) is 6.50. The highest BCUT2D eigenvalue weighted by molar-refractivity contribution is 6.01. The number of nitrogens with one attached hydrogen (secondary N) is 2. The van der Waals surface area contributed by atoms with Crippen molar-refractivity contribution in [3.05, 3.63) is 93.7 Å². The van der Waals surface area contributed by atoms with Crippen molar-refractivity contribution in [2.75, 3.05) is 0 Å². The standard InChI is InChI=1S/C21H17FN4O3/c22-16-9-5-4-8-14(16)10-23-20(28)17-18(27)15-11-24-26(19(15)25-21(17)29)12-13-6-2-1-3-7-13/h1-9,11H,10,12H2,(H,23,28)(H2,25,27,29). The first-order chi connectivity index (χ1) is 14.0. The number of hydrogen-bond donors (Lipinski definition) is 3. The average Bonchev–Trinajstić information content (AvgIpc) is 3.11. The minimum Gasteiger partial charge on any atom is -0.506 e. The highest BCUT2D eigenvalue weighted by atomic mass is 19.1. The number of carbonyl (C=O) groups excluding carboxylic acids is 1. The van der Waals surface area contributed by atoms with Gasteiger partial charge < -0.3 is 15.4 Å². The fraction of sp³-hybridized carbons (Fsp3) is 0.0952. The number of aromatic nitrogens is 3. The van der Waals surface area contributed by atoms with Gasteiger partial charge in [0, 0.05) is 12.1 Å². The van der Waals surface area contributed by atoms with E-state index in [1.165, 1.54) is 29.1 Å². The lowest BCUT2D eigenvalue weighted by Crippen LogP contribution is -2.29. The summed E-state index contributed by atoms with van der Waals surface area (Å²) in [7, 11) is 0. The maximum absolute atomic E-state index is 13.7. The highest BCUT2D eigenvalue weighted by Gasteiger charge is 2.21. The van der Waals surface area contributed by atoms with E-state index in [0.717, 1.165) is 5.56 Å². The van der Waals surface area contributed by atoms with Crippen LogP contribution in [-0.2, 0) is 13.1 Å². The van der Waals surface area contributed by atoms with Crippen LogP contribution < -0.4 is 10.9 Å². The van der Waals surface area contributed by atoms with Gasteiger partial charge in [-0.2, -0.15) is 5.10 Å². The number of pyridine rings is 1. The molecule has 0 aliphatic heterocycles. The number of carbonyl (C=O) groups is 1. The Morgan fingerprint density at radius 1 is 1.14 bits per heavy atom. The quantitative estimate of drug-likeness (QED) is 0.486. The van der Waals surface area contributed by atoms with Crippen molar-refractivity contribution < 1.29 is 14.3 Å². The summed E-state index contributed by atoms with van der Waals surface area (Å²) in [4.78, 5) is 27.6. The summed E-state index contributed by atoms with van der Waals surface area (Å²) >= 11 is 0. The van der Waals surface area contributed by atoms with Crippen LogP contribution in [0.15, 0.2) is 65.6 Å². The molecule has 0 atom stereocenters. The second-order valence-electron chi connectivity index (χ2n) is 6.50. The molecule has 3 N–H and O–H groups in total. The summed E-state index contributed by atoms with van der Waals surface area (Å²) in [5.74, 6) is -1.73. The largest absolute Gasteiger partial charge is 0.506 e. The van der Waals surface area contributed by atoms with Gasteiger partial charge in [-0.05, 0) is 11.6 Å². The van der Waals surface area contributed by atoms with Crippen molar-refractivity contribution in [1.82, 2.24) is 20.1 Å². The molecular weight excluding hydrogens is 375 g/mol. The number of aromatic hydroxyl groups is 1. The minimum atomic E-state index is -0.801. The first kappa shape index (κ1) is 18.4. The van der Waals surface area contributed by atoms with Crippen molar-refractivity contribution in [1.29, 1.82) is 0 Å². The Morgan fingerprint density at radius 3 is 2.62 bits per heavy atom. The van der Waals surface area contributed by atoms with Gasteiger partial charge in [-0.3, -0.25) is 9.59 Å². The molecule has 0 radical (unpaired) electrons. The molecule has 4 rings (SSSR count). The predicted molar refractivity (Wildman–Crippen MR) is 105 cm³/mol. The number of H-pyrrole nitrogens is 1. The number of halogens is 1. The van der Waals surface area contributed by atoms with E-state index in [-0.39, 0.29) is 17.5 Å². The molecule has 2 aromatic heterocycles. The number of hydrogen-bond acceptors (Lipinski definition) is 4. The van der Waals surface area contributed by atoms with Crippen LogP contribution in [0.1, 0.15) is 21.5 Å². The third kappa shape index (κ3) is 3.60. The van der Waals surface area contributed by atoms with Gasteiger partial charge >= 0.3 is 0 Å². The number of rotatable bonds is 5. The zero-order valence-electron chi connectivity index (χ0n) is 15.2. The molecule has 7 nitrogen and oxygen atoms in total. The van der Waals surface area contributed by atoms with Crippen molar-refractivity contribution in [3.63, 3.8) is 0 Å². The van der Waals surface area contributed by atoms with Crippen molar-refractivity contribution in [2.45, 2.75) is 13.1 Å². The molecule has 29 heavy (non-hydrogen) atoms. The number of fused-ring (bicyclic) bond motifs is 1. The third-order valence-electron chi connectivity index (χ3n) is 4.59. The Hall–Kier alpha value is -3.94. The molecule has 0 unspecified atom stereocenters. The van der Waals surface area contributed by atoms with E-state index in [1.807, 2.05) is 30.3 Å². The topological polar surface area (TPSA) is 100 Å². The summed E-state index contributed by atoms with van der Waals surface area (Å²) in [6.07, 6.45) is 1.39. The second kappa shape index (κ2) is 7.59. The zero-order chi connectivity index (χ0) is 20.4. The SMILES string of the molecule is O=C(NCc1ccccc1F)c1c(O)c2cnn(Cc3ccccc3)c2[nH]c1=O. The lowest BCUT2D eigenvalue weighted by Gasteiger charge is -2.08.